The van der Waals surface area contributed by atoms with Crippen LogP contribution in [0.3, 0.4) is 0 Å². The van der Waals surface area contributed by atoms with Crippen molar-refractivity contribution in [3.8, 4) is 0 Å². The molecule has 4 nitrogen and oxygen atoms in total. The van der Waals surface area contributed by atoms with E-state index in [1.807, 2.05) is 0 Å². The predicted molar refractivity (Wildman–Crippen MR) is 19.2 cm³/mol. The van der Waals surface area contributed by atoms with Crippen molar-refractivity contribution in [1.29, 1.82) is 0 Å². The molecule has 0 N–H and O–H groups in total. The first kappa shape index (κ1) is 16.4. The van der Waals surface area contributed by atoms with Crippen LogP contribution in [0.5, 0.6) is 0 Å². The van der Waals surface area contributed by atoms with E-state index in [0.29, 0.717) is 12.2 Å². The molecular formula is C4H2Fe2O4+2. The molecule has 0 bridgehead atoms. The summed E-state index contributed by atoms with van der Waals surface area (Å²) in [5.74, 6) is -3.09. The second-order valence-corrected chi connectivity index (χ2v) is 0.971. The second-order valence-electron chi connectivity index (χ2n) is 0.971. The molecule has 0 aromatic carbocycles. The van der Waals surface area contributed by atoms with E-state index >= 15 is 0 Å². The van der Waals surface area contributed by atoms with Gasteiger partial charge in [-0.2, -0.15) is 0 Å². The van der Waals surface area contributed by atoms with Crippen molar-refractivity contribution in [3.05, 3.63) is 12.2 Å². The number of carbonyl (C=O) groups is 2. The maximum atomic E-state index is 9.41. The van der Waals surface area contributed by atoms with Crippen LogP contribution in [0.4, 0.5) is 0 Å². The van der Waals surface area contributed by atoms with Gasteiger partial charge in [-0.3, -0.25) is 0 Å². The summed E-state index contributed by atoms with van der Waals surface area (Å²) in [5, 5.41) is 18.8. The van der Waals surface area contributed by atoms with Crippen LogP contribution in [-0.4, -0.2) is 11.9 Å². The molecular weight excluding hydrogens is 224 g/mol. The number of carboxylic acids is 2. The predicted octanol–water partition coefficient (Wildman–Crippen LogP) is -2.96. The Kier molecular flexibility index (Phi) is 14.3. The molecule has 0 amide bonds. The fourth-order valence-electron chi connectivity index (χ4n) is 0.136. The molecule has 56 valence electrons. The summed E-state index contributed by atoms with van der Waals surface area (Å²) in [6, 6.07) is 0. The van der Waals surface area contributed by atoms with E-state index < -0.39 is 11.9 Å². The number of aliphatic carboxylic acids is 2. The van der Waals surface area contributed by atoms with E-state index in [4.69, 9.17) is 0 Å². The normalized spacial score (nSPS) is 7.60. The molecule has 0 spiro atoms. The van der Waals surface area contributed by atoms with Crippen LogP contribution in [0.15, 0.2) is 12.2 Å². The molecule has 0 aromatic rings. The molecule has 0 rings (SSSR count). The van der Waals surface area contributed by atoms with Crippen molar-refractivity contribution in [2.75, 3.05) is 0 Å². The average molecular weight is 226 g/mol. The van der Waals surface area contributed by atoms with Crippen LogP contribution >= 0.6 is 0 Å². The Balaban J connectivity index is -0.000000245. The third-order valence-corrected chi connectivity index (χ3v) is 0.355. The monoisotopic (exact) mass is 226 g/mol. The van der Waals surface area contributed by atoms with Crippen molar-refractivity contribution in [2.45, 2.75) is 0 Å². The first-order chi connectivity index (χ1) is 3.63. The molecule has 0 aromatic heterocycles. The molecule has 0 heterocycles. The summed E-state index contributed by atoms with van der Waals surface area (Å²) in [7, 11) is 0. The molecule has 10 heavy (non-hydrogen) atoms. The van der Waals surface area contributed by atoms with Crippen LogP contribution in [0, 0.1) is 0 Å². The fourth-order valence-corrected chi connectivity index (χ4v) is 0.136. The van der Waals surface area contributed by atoms with Gasteiger partial charge in [0.25, 0.3) is 0 Å². The van der Waals surface area contributed by atoms with Crippen LogP contribution in [0.25, 0.3) is 0 Å². The standard InChI is InChI=1S/C4H4O4.2Fe/c5-3(6)1-2-4(7)8;;/h1-2H,(H,5,6)(H,7,8);;/q;2*+2/p-2/b2-1-;;. The zero-order valence-corrected chi connectivity index (χ0v) is 6.70. The van der Waals surface area contributed by atoms with E-state index in [2.05, 4.69) is 0 Å². The van der Waals surface area contributed by atoms with Gasteiger partial charge in [0.05, 0.1) is 11.9 Å². The Hall–Kier alpha value is -0.281. The van der Waals surface area contributed by atoms with Gasteiger partial charge < -0.3 is 19.8 Å². The first-order valence-corrected chi connectivity index (χ1v) is 1.73. The number of carbonyl (C=O) groups excluding carboxylic acids is 2. The van der Waals surface area contributed by atoms with Gasteiger partial charge in [-0.1, -0.05) is 0 Å². The van der Waals surface area contributed by atoms with Crippen LogP contribution in [-0.2, 0) is 43.7 Å². The van der Waals surface area contributed by atoms with E-state index in [1.54, 1.807) is 0 Å². The minimum Gasteiger partial charge on any atom is -0.545 e. The van der Waals surface area contributed by atoms with Gasteiger partial charge in [0, 0.05) is 0 Å². The Morgan fingerprint density at radius 3 is 1.20 bits per heavy atom. The Bertz CT molecular complexity index is 126. The Labute approximate surface area is 78.2 Å². The number of carboxylic acid groups (broad SMARTS) is 2. The van der Waals surface area contributed by atoms with E-state index in [0.717, 1.165) is 0 Å². The number of hydrogen-bond donors (Lipinski definition) is 0. The smallest absolute Gasteiger partial charge is 0.545 e. The molecule has 0 saturated heterocycles. The van der Waals surface area contributed by atoms with Crippen molar-refractivity contribution >= 4 is 11.9 Å². The fraction of sp³-hybridized carbons (Fsp3) is 0. The average Bonchev–Trinajstić information content (AvgIpc) is 1.61. The molecule has 6 heteroatoms. The van der Waals surface area contributed by atoms with Gasteiger partial charge in [-0.25, -0.2) is 0 Å². The van der Waals surface area contributed by atoms with E-state index in [-0.39, 0.29) is 34.1 Å². The van der Waals surface area contributed by atoms with Crippen molar-refractivity contribution in [2.24, 2.45) is 0 Å². The minimum atomic E-state index is -1.55. The molecule has 0 aliphatic carbocycles. The molecule has 0 radical (unpaired) electrons. The third kappa shape index (κ3) is 15.6. The topological polar surface area (TPSA) is 80.3 Å². The third-order valence-electron chi connectivity index (χ3n) is 0.355. The quantitative estimate of drug-likeness (QED) is 0.372. The van der Waals surface area contributed by atoms with Gasteiger partial charge in [-0.15, -0.1) is 0 Å². The zero-order valence-electron chi connectivity index (χ0n) is 4.49. The maximum absolute atomic E-state index is 9.41. The molecule has 0 aliphatic heterocycles. The second kappa shape index (κ2) is 8.72. The van der Waals surface area contributed by atoms with Crippen LogP contribution in [0.1, 0.15) is 0 Å². The molecule has 0 aliphatic rings. The summed E-state index contributed by atoms with van der Waals surface area (Å²) in [4.78, 5) is 18.8. The van der Waals surface area contributed by atoms with E-state index in [1.165, 1.54) is 0 Å². The molecule has 0 unspecified atom stereocenters. The van der Waals surface area contributed by atoms with Crippen molar-refractivity contribution < 1.29 is 53.9 Å². The van der Waals surface area contributed by atoms with Gasteiger partial charge >= 0.3 is 34.1 Å². The molecule has 0 atom stereocenters. The number of rotatable bonds is 2. The van der Waals surface area contributed by atoms with Gasteiger partial charge in [0.1, 0.15) is 0 Å². The largest absolute Gasteiger partial charge is 2.00 e. The number of hydrogen-bond acceptors (Lipinski definition) is 4. The van der Waals surface area contributed by atoms with Gasteiger partial charge in [-0.05, 0) is 12.2 Å². The first-order valence-electron chi connectivity index (χ1n) is 1.73. The van der Waals surface area contributed by atoms with E-state index in [9.17, 15) is 19.8 Å². The Morgan fingerprint density at radius 1 is 0.900 bits per heavy atom. The zero-order chi connectivity index (χ0) is 6.57. The summed E-state index contributed by atoms with van der Waals surface area (Å²) < 4.78 is 0. The Morgan fingerprint density at radius 2 is 1.10 bits per heavy atom. The maximum Gasteiger partial charge on any atom is 2.00 e. The SMILES string of the molecule is O=C([O-])/C=C\C(=O)[O-].[Fe+2].[Fe+2]. The van der Waals surface area contributed by atoms with Crippen LogP contribution < -0.4 is 10.2 Å². The molecule has 0 fully saturated rings. The van der Waals surface area contributed by atoms with Gasteiger partial charge in [0.2, 0.25) is 0 Å². The molecule has 0 saturated carbocycles. The van der Waals surface area contributed by atoms with Crippen molar-refractivity contribution in [1.82, 2.24) is 0 Å². The van der Waals surface area contributed by atoms with Crippen molar-refractivity contribution in [3.63, 3.8) is 0 Å². The summed E-state index contributed by atoms with van der Waals surface area (Å²) in [5.41, 5.74) is 0. The van der Waals surface area contributed by atoms with Crippen LogP contribution in [0.2, 0.25) is 0 Å². The summed E-state index contributed by atoms with van der Waals surface area (Å²) >= 11 is 0. The minimum absolute atomic E-state index is 0. The summed E-state index contributed by atoms with van der Waals surface area (Å²) in [6.45, 7) is 0. The van der Waals surface area contributed by atoms with Gasteiger partial charge in [0.15, 0.2) is 0 Å². The summed E-state index contributed by atoms with van der Waals surface area (Å²) in [6.07, 6.45) is 0.769.